The van der Waals surface area contributed by atoms with Crippen LogP contribution in [0.1, 0.15) is 25.8 Å². The maximum atomic E-state index is 5.14. The van der Waals surface area contributed by atoms with Crippen LogP contribution in [0.15, 0.2) is 78.9 Å². The van der Waals surface area contributed by atoms with Crippen molar-refractivity contribution in [1.82, 2.24) is 9.97 Å². The Labute approximate surface area is 175 Å². The van der Waals surface area contributed by atoms with E-state index in [-0.39, 0.29) is 17.0 Å². The lowest BCUT2D eigenvalue weighted by Crippen LogP contribution is -2.50. The Hall–Kier alpha value is -3.40. The summed E-state index contributed by atoms with van der Waals surface area (Å²) in [5, 5.41) is 0. The van der Waals surface area contributed by atoms with Gasteiger partial charge in [0.25, 0.3) is 0 Å². The van der Waals surface area contributed by atoms with Crippen LogP contribution < -0.4 is 9.80 Å². The summed E-state index contributed by atoms with van der Waals surface area (Å²) in [4.78, 5) is 15.2. The van der Waals surface area contributed by atoms with Crippen LogP contribution in [0.2, 0.25) is 0 Å². The van der Waals surface area contributed by atoms with Gasteiger partial charge in [-0.3, -0.25) is 0 Å². The highest BCUT2D eigenvalue weighted by Crippen LogP contribution is 2.74. The number of fused-ring (bicyclic) bond motifs is 9. The smallest absolute Gasteiger partial charge is 0.179 e. The molecule has 1 aliphatic carbocycles. The van der Waals surface area contributed by atoms with Crippen molar-refractivity contribution in [3.05, 3.63) is 84.4 Å². The van der Waals surface area contributed by atoms with E-state index < -0.39 is 0 Å². The molecule has 3 unspecified atom stereocenters. The first-order valence-corrected chi connectivity index (χ1v) is 10.6. The number of para-hydroxylation sites is 4. The van der Waals surface area contributed by atoms with Gasteiger partial charge in [0.1, 0.15) is 6.17 Å². The summed E-state index contributed by atoms with van der Waals surface area (Å²) >= 11 is 0. The molecule has 0 saturated heterocycles. The van der Waals surface area contributed by atoms with Gasteiger partial charge in [-0.1, -0.05) is 62.4 Å². The maximum absolute atomic E-state index is 5.14. The molecular formula is C26H22N4. The van der Waals surface area contributed by atoms with E-state index in [1.807, 2.05) is 12.1 Å². The molecule has 2 aliphatic heterocycles. The largest absolute Gasteiger partial charge is 0.301 e. The predicted octanol–water partition coefficient (Wildman–Crippen LogP) is 5.93. The number of nitrogens with zero attached hydrogens (tertiary/aromatic N) is 4. The van der Waals surface area contributed by atoms with E-state index in [2.05, 4.69) is 90.4 Å². The van der Waals surface area contributed by atoms with E-state index >= 15 is 0 Å². The Balaban J connectivity index is 1.58. The summed E-state index contributed by atoms with van der Waals surface area (Å²) in [6.07, 6.45) is 1.32. The summed E-state index contributed by atoms with van der Waals surface area (Å²) < 4.78 is 0. The normalized spacial score (nSPS) is 28.0. The summed E-state index contributed by atoms with van der Waals surface area (Å²) in [5.74, 6) is 1.92. The SMILES string of the molecule is CC12CC1(C)C1N(c3ccccc3)c3nc4ccccc4nc3N1c1ccccc12. The molecule has 1 fully saturated rings. The van der Waals surface area contributed by atoms with Crippen LogP contribution in [0.3, 0.4) is 0 Å². The monoisotopic (exact) mass is 390 g/mol. The van der Waals surface area contributed by atoms with Crippen LogP contribution in [0.5, 0.6) is 0 Å². The second-order valence-corrected chi connectivity index (χ2v) is 9.25. The minimum atomic E-state index is 0.117. The van der Waals surface area contributed by atoms with Gasteiger partial charge < -0.3 is 9.80 Å². The maximum Gasteiger partial charge on any atom is 0.179 e. The van der Waals surface area contributed by atoms with Crippen LogP contribution in [-0.2, 0) is 5.41 Å². The minimum Gasteiger partial charge on any atom is -0.301 e. The van der Waals surface area contributed by atoms with E-state index in [1.54, 1.807) is 0 Å². The summed E-state index contributed by atoms with van der Waals surface area (Å²) in [6.45, 7) is 4.86. The molecule has 7 rings (SSSR count). The summed E-state index contributed by atoms with van der Waals surface area (Å²) in [5.41, 5.74) is 6.03. The second-order valence-electron chi connectivity index (χ2n) is 9.25. The van der Waals surface area contributed by atoms with Crippen LogP contribution >= 0.6 is 0 Å². The fraction of sp³-hybridized carbons (Fsp3) is 0.231. The van der Waals surface area contributed by atoms with Crippen LogP contribution in [0, 0.1) is 5.41 Å². The lowest BCUT2D eigenvalue weighted by atomic mass is 9.81. The fourth-order valence-electron chi connectivity index (χ4n) is 5.94. The first-order chi connectivity index (χ1) is 14.6. The number of anilines is 4. The molecule has 3 atom stereocenters. The van der Waals surface area contributed by atoms with E-state index in [0.717, 1.165) is 29.1 Å². The molecule has 0 N–H and O–H groups in total. The second kappa shape index (κ2) is 5.20. The quantitative estimate of drug-likeness (QED) is 0.403. The third kappa shape index (κ3) is 1.79. The zero-order valence-electron chi connectivity index (χ0n) is 17.1. The van der Waals surface area contributed by atoms with Crippen molar-refractivity contribution in [2.24, 2.45) is 5.41 Å². The number of benzene rings is 3. The molecule has 1 aromatic heterocycles. The Bertz CT molecular complexity index is 1330. The minimum absolute atomic E-state index is 0.117. The van der Waals surface area contributed by atoms with E-state index in [4.69, 9.17) is 9.97 Å². The van der Waals surface area contributed by atoms with Crippen molar-refractivity contribution in [2.45, 2.75) is 31.8 Å². The van der Waals surface area contributed by atoms with Gasteiger partial charge in [0, 0.05) is 22.2 Å². The molecule has 0 spiro atoms. The van der Waals surface area contributed by atoms with Gasteiger partial charge in [0.05, 0.1) is 11.0 Å². The topological polar surface area (TPSA) is 32.3 Å². The molecule has 3 aliphatic rings. The predicted molar refractivity (Wildman–Crippen MR) is 121 cm³/mol. The van der Waals surface area contributed by atoms with Gasteiger partial charge in [-0.25, -0.2) is 9.97 Å². The Morgan fingerprint density at radius 3 is 2.07 bits per heavy atom. The third-order valence-electron chi connectivity index (χ3n) is 7.70. The first-order valence-electron chi connectivity index (χ1n) is 10.6. The van der Waals surface area contributed by atoms with Crippen molar-refractivity contribution in [1.29, 1.82) is 0 Å². The highest BCUT2D eigenvalue weighted by Gasteiger charge is 2.73. The number of hydrogen-bond donors (Lipinski definition) is 0. The molecular weight excluding hydrogens is 368 g/mol. The highest BCUT2D eigenvalue weighted by atomic mass is 15.5. The van der Waals surface area contributed by atoms with Crippen LogP contribution in [-0.4, -0.2) is 16.1 Å². The van der Waals surface area contributed by atoms with E-state index in [0.29, 0.717) is 0 Å². The average molecular weight is 390 g/mol. The lowest BCUT2D eigenvalue weighted by molar-refractivity contribution is 0.371. The molecule has 0 bridgehead atoms. The summed E-state index contributed by atoms with van der Waals surface area (Å²) in [6, 6.07) is 27.7. The molecule has 30 heavy (non-hydrogen) atoms. The number of rotatable bonds is 1. The van der Waals surface area contributed by atoms with Crippen molar-refractivity contribution >= 4 is 34.0 Å². The Morgan fingerprint density at radius 1 is 0.733 bits per heavy atom. The van der Waals surface area contributed by atoms with Crippen molar-refractivity contribution < 1.29 is 0 Å². The van der Waals surface area contributed by atoms with Gasteiger partial charge in [0.15, 0.2) is 11.6 Å². The third-order valence-corrected chi connectivity index (χ3v) is 7.70. The van der Waals surface area contributed by atoms with Gasteiger partial charge in [0.2, 0.25) is 0 Å². The zero-order valence-corrected chi connectivity index (χ0v) is 17.1. The Kier molecular flexibility index (Phi) is 2.84. The first kappa shape index (κ1) is 16.4. The molecule has 3 heterocycles. The molecule has 4 heteroatoms. The molecule has 4 nitrogen and oxygen atoms in total. The molecule has 0 amide bonds. The van der Waals surface area contributed by atoms with Gasteiger partial charge in [-0.15, -0.1) is 0 Å². The Morgan fingerprint density at radius 2 is 1.33 bits per heavy atom. The average Bonchev–Trinajstić information content (AvgIpc) is 3.22. The van der Waals surface area contributed by atoms with E-state index in [1.165, 1.54) is 16.9 Å². The zero-order chi connectivity index (χ0) is 20.1. The molecule has 0 radical (unpaired) electrons. The molecule has 3 aromatic carbocycles. The lowest BCUT2D eigenvalue weighted by Gasteiger charge is -2.44. The van der Waals surface area contributed by atoms with Crippen molar-refractivity contribution in [2.75, 3.05) is 9.80 Å². The standard InChI is InChI=1S/C26H22N4/c1-25-16-26(25,2)24-29(17-10-4-3-5-11-17)22-23(28-20-14-8-7-13-19(20)27-22)30(24)21-15-9-6-12-18(21)25/h3-15,24H,16H2,1-2H3. The van der Waals surface area contributed by atoms with Gasteiger partial charge >= 0.3 is 0 Å². The van der Waals surface area contributed by atoms with Crippen molar-refractivity contribution in [3.8, 4) is 0 Å². The fourth-order valence-corrected chi connectivity index (χ4v) is 5.94. The van der Waals surface area contributed by atoms with Gasteiger partial charge in [-0.2, -0.15) is 0 Å². The summed E-state index contributed by atoms with van der Waals surface area (Å²) in [7, 11) is 0. The number of hydrogen-bond acceptors (Lipinski definition) is 4. The van der Waals surface area contributed by atoms with Crippen molar-refractivity contribution in [3.63, 3.8) is 0 Å². The number of aromatic nitrogens is 2. The molecule has 146 valence electrons. The van der Waals surface area contributed by atoms with Crippen LogP contribution in [0.25, 0.3) is 11.0 Å². The molecule has 1 saturated carbocycles. The molecule has 4 aromatic rings. The van der Waals surface area contributed by atoms with Gasteiger partial charge in [-0.05, 0) is 42.3 Å². The van der Waals surface area contributed by atoms with Crippen LogP contribution in [0.4, 0.5) is 23.0 Å². The van der Waals surface area contributed by atoms with E-state index in [9.17, 15) is 0 Å². The highest BCUT2D eigenvalue weighted by molar-refractivity contribution is 5.92.